The topological polar surface area (TPSA) is 35.5 Å². The molecule has 0 bridgehead atoms. The van der Waals surface area contributed by atoms with Gasteiger partial charge < -0.3 is 15.3 Å². The predicted molar refractivity (Wildman–Crippen MR) is 64.4 cm³/mol. The number of rotatable bonds is 9. The SMILES string of the molecule is CN(CCCC(C)(CO)NC1CC1)CC(F)F. The summed E-state index contributed by atoms with van der Waals surface area (Å²) in [5.41, 5.74) is -0.257. The average Bonchev–Trinajstić information content (AvgIpc) is 3.00. The maximum absolute atomic E-state index is 12.1. The molecule has 0 radical (unpaired) electrons. The molecule has 1 aliphatic rings. The van der Waals surface area contributed by atoms with Gasteiger partial charge in [0.1, 0.15) is 0 Å². The minimum absolute atomic E-state index is 0.0993. The molecule has 1 saturated carbocycles. The molecule has 0 aromatic carbocycles. The van der Waals surface area contributed by atoms with E-state index in [1.807, 2.05) is 6.92 Å². The Balaban J connectivity index is 2.17. The van der Waals surface area contributed by atoms with Crippen molar-refractivity contribution < 1.29 is 13.9 Å². The number of hydrogen-bond donors (Lipinski definition) is 2. The Morgan fingerprint density at radius 2 is 2.12 bits per heavy atom. The highest BCUT2D eigenvalue weighted by molar-refractivity contribution is 4.92. The molecular weight excluding hydrogens is 226 g/mol. The molecule has 0 aliphatic heterocycles. The average molecular weight is 250 g/mol. The van der Waals surface area contributed by atoms with Gasteiger partial charge in [-0.25, -0.2) is 8.78 Å². The van der Waals surface area contributed by atoms with E-state index < -0.39 is 6.43 Å². The van der Waals surface area contributed by atoms with Gasteiger partial charge >= 0.3 is 0 Å². The summed E-state index contributed by atoms with van der Waals surface area (Å²) in [6, 6.07) is 0.547. The molecule has 5 heteroatoms. The van der Waals surface area contributed by atoms with Gasteiger partial charge in [-0.1, -0.05) is 0 Å². The summed E-state index contributed by atoms with van der Waals surface area (Å²) in [5, 5.41) is 12.8. The third-order valence-electron chi connectivity index (χ3n) is 3.20. The highest BCUT2D eigenvalue weighted by atomic mass is 19.3. The van der Waals surface area contributed by atoms with Crippen LogP contribution in [0.1, 0.15) is 32.6 Å². The molecule has 0 aromatic heterocycles. The van der Waals surface area contributed by atoms with Crippen LogP contribution in [0.15, 0.2) is 0 Å². The summed E-state index contributed by atoms with van der Waals surface area (Å²) in [6.45, 7) is 2.57. The molecule has 102 valence electrons. The first-order valence-electron chi connectivity index (χ1n) is 6.30. The van der Waals surface area contributed by atoms with E-state index in [0.29, 0.717) is 12.6 Å². The van der Waals surface area contributed by atoms with E-state index >= 15 is 0 Å². The predicted octanol–water partition coefficient (Wildman–Crippen LogP) is 1.47. The fraction of sp³-hybridized carbons (Fsp3) is 1.00. The van der Waals surface area contributed by atoms with Gasteiger partial charge in [-0.3, -0.25) is 0 Å². The van der Waals surface area contributed by atoms with E-state index in [0.717, 1.165) is 12.8 Å². The molecular formula is C12H24F2N2O. The quantitative estimate of drug-likeness (QED) is 0.650. The molecule has 3 nitrogen and oxygen atoms in total. The molecule has 0 amide bonds. The smallest absolute Gasteiger partial charge is 0.251 e. The van der Waals surface area contributed by atoms with Crippen LogP contribution in [0.2, 0.25) is 0 Å². The van der Waals surface area contributed by atoms with Crippen LogP contribution in [0.25, 0.3) is 0 Å². The van der Waals surface area contributed by atoms with Crippen molar-refractivity contribution in [3.8, 4) is 0 Å². The van der Waals surface area contributed by atoms with Crippen LogP contribution in [-0.4, -0.2) is 54.8 Å². The molecule has 0 spiro atoms. The highest BCUT2D eigenvalue weighted by Gasteiger charge is 2.31. The number of alkyl halides is 2. The van der Waals surface area contributed by atoms with E-state index in [4.69, 9.17) is 0 Å². The van der Waals surface area contributed by atoms with Crippen molar-refractivity contribution in [3.05, 3.63) is 0 Å². The zero-order chi connectivity index (χ0) is 12.9. The summed E-state index contributed by atoms with van der Waals surface area (Å²) in [4.78, 5) is 1.64. The number of halogens is 2. The van der Waals surface area contributed by atoms with Gasteiger partial charge in [0.2, 0.25) is 0 Å². The minimum atomic E-state index is -2.27. The van der Waals surface area contributed by atoms with Crippen molar-refractivity contribution in [3.63, 3.8) is 0 Å². The van der Waals surface area contributed by atoms with Crippen LogP contribution in [0.5, 0.6) is 0 Å². The van der Waals surface area contributed by atoms with Crippen molar-refractivity contribution in [2.24, 2.45) is 0 Å². The number of aliphatic hydroxyl groups is 1. The Hall–Kier alpha value is -0.260. The Morgan fingerprint density at radius 3 is 2.59 bits per heavy atom. The first kappa shape index (κ1) is 14.8. The normalized spacial score (nSPS) is 19.9. The maximum atomic E-state index is 12.1. The fourth-order valence-corrected chi connectivity index (χ4v) is 1.98. The van der Waals surface area contributed by atoms with E-state index in [-0.39, 0.29) is 18.7 Å². The van der Waals surface area contributed by atoms with Gasteiger partial charge in [0.15, 0.2) is 0 Å². The molecule has 1 rings (SSSR count). The molecule has 1 unspecified atom stereocenters. The number of nitrogens with zero attached hydrogens (tertiary/aromatic N) is 1. The molecule has 0 saturated heterocycles. The molecule has 0 heterocycles. The van der Waals surface area contributed by atoms with Crippen molar-refractivity contribution >= 4 is 0 Å². The second kappa shape index (κ2) is 6.61. The second-order valence-electron chi connectivity index (χ2n) is 5.39. The molecule has 1 fully saturated rings. The molecule has 1 atom stereocenters. The molecule has 2 N–H and O–H groups in total. The van der Waals surface area contributed by atoms with Gasteiger partial charge in [0, 0.05) is 11.6 Å². The second-order valence-corrected chi connectivity index (χ2v) is 5.39. The highest BCUT2D eigenvalue weighted by Crippen LogP contribution is 2.24. The van der Waals surface area contributed by atoms with Crippen LogP contribution in [0.4, 0.5) is 8.78 Å². The fourth-order valence-electron chi connectivity index (χ4n) is 1.98. The first-order valence-corrected chi connectivity index (χ1v) is 6.30. The molecule has 1 aliphatic carbocycles. The summed E-state index contributed by atoms with van der Waals surface area (Å²) in [5.74, 6) is 0. The standard InChI is InChI=1S/C12H24F2N2O/c1-12(9-17,15-10-4-5-10)6-3-7-16(2)8-11(13)14/h10-11,15,17H,3-9H2,1-2H3. The Kier molecular flexibility index (Phi) is 5.76. The molecule has 17 heavy (non-hydrogen) atoms. The van der Waals surface area contributed by atoms with E-state index in [1.54, 1.807) is 11.9 Å². The maximum Gasteiger partial charge on any atom is 0.251 e. The van der Waals surface area contributed by atoms with Gasteiger partial charge in [-0.15, -0.1) is 0 Å². The first-order chi connectivity index (χ1) is 7.95. The summed E-state index contributed by atoms with van der Waals surface area (Å²) < 4.78 is 24.2. The van der Waals surface area contributed by atoms with Crippen LogP contribution >= 0.6 is 0 Å². The molecule has 0 aromatic rings. The number of aliphatic hydroxyl groups excluding tert-OH is 1. The summed E-state index contributed by atoms with van der Waals surface area (Å²) in [6.07, 6.45) is 1.73. The van der Waals surface area contributed by atoms with Gasteiger partial charge in [-0.2, -0.15) is 0 Å². The van der Waals surface area contributed by atoms with Crippen molar-refractivity contribution in [2.75, 3.05) is 26.7 Å². The van der Waals surface area contributed by atoms with E-state index in [9.17, 15) is 13.9 Å². The lowest BCUT2D eigenvalue weighted by atomic mass is 9.96. The zero-order valence-corrected chi connectivity index (χ0v) is 10.8. The Morgan fingerprint density at radius 1 is 1.47 bits per heavy atom. The monoisotopic (exact) mass is 250 g/mol. The lowest BCUT2D eigenvalue weighted by Crippen LogP contribution is -2.47. The third kappa shape index (κ3) is 6.29. The number of hydrogen-bond acceptors (Lipinski definition) is 3. The van der Waals surface area contributed by atoms with Gasteiger partial charge in [0.25, 0.3) is 6.43 Å². The van der Waals surface area contributed by atoms with Crippen molar-refractivity contribution in [1.82, 2.24) is 10.2 Å². The Labute approximate surface area is 102 Å². The van der Waals surface area contributed by atoms with Crippen molar-refractivity contribution in [1.29, 1.82) is 0 Å². The van der Waals surface area contributed by atoms with Crippen LogP contribution in [-0.2, 0) is 0 Å². The minimum Gasteiger partial charge on any atom is -0.394 e. The van der Waals surface area contributed by atoms with Gasteiger partial charge in [0.05, 0.1) is 13.2 Å². The lowest BCUT2D eigenvalue weighted by molar-refractivity contribution is 0.0962. The van der Waals surface area contributed by atoms with Crippen molar-refractivity contribution in [2.45, 2.75) is 50.6 Å². The van der Waals surface area contributed by atoms with Crippen LogP contribution < -0.4 is 5.32 Å². The van der Waals surface area contributed by atoms with E-state index in [1.165, 1.54) is 12.8 Å². The summed E-state index contributed by atoms with van der Waals surface area (Å²) in [7, 11) is 1.71. The number of nitrogens with one attached hydrogen (secondary N) is 1. The zero-order valence-electron chi connectivity index (χ0n) is 10.8. The lowest BCUT2D eigenvalue weighted by Gasteiger charge is -2.30. The van der Waals surface area contributed by atoms with Crippen LogP contribution in [0, 0.1) is 0 Å². The summed E-state index contributed by atoms with van der Waals surface area (Å²) >= 11 is 0. The van der Waals surface area contributed by atoms with Crippen LogP contribution in [0.3, 0.4) is 0 Å². The third-order valence-corrected chi connectivity index (χ3v) is 3.20. The largest absolute Gasteiger partial charge is 0.394 e. The van der Waals surface area contributed by atoms with E-state index in [2.05, 4.69) is 5.32 Å². The van der Waals surface area contributed by atoms with Gasteiger partial charge in [-0.05, 0) is 46.2 Å². The Bertz CT molecular complexity index is 225.